The summed E-state index contributed by atoms with van der Waals surface area (Å²) in [6, 6.07) is 14.1. The molecule has 1 saturated heterocycles. The van der Waals surface area contributed by atoms with Crippen LogP contribution in [-0.4, -0.2) is 72.8 Å². The quantitative estimate of drug-likeness (QED) is 0.577. The normalized spacial score (nSPS) is 13.5. The summed E-state index contributed by atoms with van der Waals surface area (Å²) in [4.78, 5) is 34.6. The van der Waals surface area contributed by atoms with E-state index in [4.69, 9.17) is 24.5 Å². The summed E-state index contributed by atoms with van der Waals surface area (Å²) in [7, 11) is 1.61. The fourth-order valence-electron chi connectivity index (χ4n) is 3.08. The number of carboxylic acids is 2. The third-order valence-corrected chi connectivity index (χ3v) is 4.78. The molecular weight excluding hydrogens is 421 g/mol. The summed E-state index contributed by atoms with van der Waals surface area (Å²) in [6.45, 7) is 3.88. The fraction of sp³-hybridized carbons (Fsp3) is 0.318. The number of amides is 1. The second-order valence-corrected chi connectivity index (χ2v) is 6.92. The maximum atomic E-state index is 13.9. The van der Waals surface area contributed by atoms with Crippen molar-refractivity contribution in [2.75, 3.05) is 50.1 Å². The number of hydrogen-bond donors (Lipinski definition) is 3. The molecule has 1 amide bonds. The van der Waals surface area contributed by atoms with Crippen LogP contribution in [0, 0.1) is 5.82 Å². The van der Waals surface area contributed by atoms with Gasteiger partial charge in [-0.2, -0.15) is 0 Å². The molecule has 1 fully saturated rings. The Bertz CT molecular complexity index is 902. The van der Waals surface area contributed by atoms with Gasteiger partial charge < -0.3 is 25.2 Å². The Morgan fingerprint density at radius 1 is 0.969 bits per heavy atom. The minimum absolute atomic E-state index is 0.00768. The molecule has 0 aromatic heterocycles. The molecule has 32 heavy (non-hydrogen) atoms. The van der Waals surface area contributed by atoms with E-state index in [9.17, 15) is 9.18 Å². The molecule has 0 atom stereocenters. The Morgan fingerprint density at radius 3 is 2.09 bits per heavy atom. The van der Waals surface area contributed by atoms with Crippen LogP contribution in [-0.2, 0) is 14.4 Å². The van der Waals surface area contributed by atoms with E-state index < -0.39 is 11.9 Å². The molecule has 0 radical (unpaired) electrons. The number of ether oxygens (including phenoxy) is 1. The number of carbonyl (C=O) groups is 3. The monoisotopic (exact) mass is 447 g/mol. The van der Waals surface area contributed by atoms with Crippen LogP contribution >= 0.6 is 0 Å². The Labute approximate surface area is 185 Å². The van der Waals surface area contributed by atoms with Crippen LogP contribution in [0.3, 0.4) is 0 Å². The SMILES string of the molecule is COc1ccc(NC(=O)CCN2CCN(c3ccccc3F)CC2)cc1.O=C(O)C(=O)O. The minimum atomic E-state index is -1.82. The van der Waals surface area contributed by atoms with Crippen LogP contribution < -0.4 is 15.0 Å². The average molecular weight is 447 g/mol. The Balaban J connectivity index is 0.000000534. The van der Waals surface area contributed by atoms with Gasteiger partial charge in [0, 0.05) is 44.8 Å². The minimum Gasteiger partial charge on any atom is -0.497 e. The second-order valence-electron chi connectivity index (χ2n) is 6.92. The molecule has 1 heterocycles. The topological polar surface area (TPSA) is 119 Å². The third kappa shape index (κ3) is 7.88. The van der Waals surface area contributed by atoms with Crippen molar-refractivity contribution in [2.24, 2.45) is 0 Å². The third-order valence-electron chi connectivity index (χ3n) is 4.78. The van der Waals surface area contributed by atoms with Crippen molar-refractivity contribution in [3.8, 4) is 5.75 Å². The lowest BCUT2D eigenvalue weighted by Gasteiger charge is -2.36. The summed E-state index contributed by atoms with van der Waals surface area (Å²) in [5.74, 6) is -3.08. The zero-order valence-electron chi connectivity index (χ0n) is 17.7. The predicted octanol–water partition coefficient (Wildman–Crippen LogP) is 2.14. The second kappa shape index (κ2) is 12.3. The highest BCUT2D eigenvalue weighted by Crippen LogP contribution is 2.20. The number of halogens is 1. The number of rotatable bonds is 6. The smallest absolute Gasteiger partial charge is 0.414 e. The fourth-order valence-corrected chi connectivity index (χ4v) is 3.08. The number of anilines is 2. The van der Waals surface area contributed by atoms with Crippen molar-refractivity contribution in [3.63, 3.8) is 0 Å². The Hall–Kier alpha value is -3.66. The van der Waals surface area contributed by atoms with E-state index in [1.165, 1.54) is 6.07 Å². The number of carboxylic acid groups (broad SMARTS) is 2. The van der Waals surface area contributed by atoms with Crippen molar-refractivity contribution in [2.45, 2.75) is 6.42 Å². The molecule has 10 heteroatoms. The number of methoxy groups -OCH3 is 1. The summed E-state index contributed by atoms with van der Waals surface area (Å²) in [5.41, 5.74) is 1.42. The van der Waals surface area contributed by atoms with Gasteiger partial charge in [-0.05, 0) is 36.4 Å². The molecule has 0 bridgehead atoms. The van der Waals surface area contributed by atoms with Crippen LogP contribution in [0.2, 0.25) is 0 Å². The van der Waals surface area contributed by atoms with Gasteiger partial charge >= 0.3 is 11.9 Å². The zero-order chi connectivity index (χ0) is 23.5. The van der Waals surface area contributed by atoms with Gasteiger partial charge in [-0.15, -0.1) is 0 Å². The molecule has 1 aliphatic rings. The zero-order valence-corrected chi connectivity index (χ0v) is 17.7. The number of piperazine rings is 1. The maximum absolute atomic E-state index is 13.9. The van der Waals surface area contributed by atoms with Crippen molar-refractivity contribution < 1.29 is 33.7 Å². The lowest BCUT2D eigenvalue weighted by molar-refractivity contribution is -0.159. The first kappa shape index (κ1) is 24.6. The molecule has 3 rings (SSSR count). The largest absolute Gasteiger partial charge is 0.497 e. The number of hydrogen-bond acceptors (Lipinski definition) is 6. The molecule has 9 nitrogen and oxygen atoms in total. The van der Waals surface area contributed by atoms with Crippen LogP contribution in [0.4, 0.5) is 15.8 Å². The molecule has 0 spiro atoms. The first-order valence-corrected chi connectivity index (χ1v) is 9.92. The van der Waals surface area contributed by atoms with Gasteiger partial charge in [-0.1, -0.05) is 12.1 Å². The van der Waals surface area contributed by atoms with E-state index in [2.05, 4.69) is 15.1 Å². The van der Waals surface area contributed by atoms with E-state index in [1.54, 1.807) is 13.2 Å². The van der Waals surface area contributed by atoms with Gasteiger partial charge in [0.15, 0.2) is 0 Å². The molecule has 2 aromatic rings. The molecule has 172 valence electrons. The predicted molar refractivity (Wildman–Crippen MR) is 117 cm³/mol. The van der Waals surface area contributed by atoms with E-state index >= 15 is 0 Å². The lowest BCUT2D eigenvalue weighted by Crippen LogP contribution is -2.47. The summed E-state index contributed by atoms with van der Waals surface area (Å²) in [5, 5.41) is 17.7. The molecule has 3 N–H and O–H groups in total. The number of nitrogens with zero attached hydrogens (tertiary/aromatic N) is 2. The van der Waals surface area contributed by atoms with Crippen LogP contribution in [0.1, 0.15) is 6.42 Å². The summed E-state index contributed by atoms with van der Waals surface area (Å²) >= 11 is 0. The number of nitrogens with one attached hydrogen (secondary N) is 1. The first-order chi connectivity index (χ1) is 15.3. The highest BCUT2D eigenvalue weighted by atomic mass is 19.1. The molecular formula is C22H26FN3O6. The molecule has 0 aliphatic carbocycles. The van der Waals surface area contributed by atoms with E-state index in [0.29, 0.717) is 18.7 Å². The van der Waals surface area contributed by atoms with Gasteiger partial charge in [0.25, 0.3) is 0 Å². The number of carbonyl (C=O) groups excluding carboxylic acids is 1. The summed E-state index contributed by atoms with van der Waals surface area (Å²) in [6.07, 6.45) is 0.436. The molecule has 1 aliphatic heterocycles. The van der Waals surface area contributed by atoms with Gasteiger partial charge in [-0.25, -0.2) is 14.0 Å². The highest BCUT2D eigenvalue weighted by Gasteiger charge is 2.19. The molecule has 0 unspecified atom stereocenters. The molecule has 0 saturated carbocycles. The van der Waals surface area contributed by atoms with Gasteiger partial charge in [0.1, 0.15) is 11.6 Å². The van der Waals surface area contributed by atoms with E-state index in [-0.39, 0.29) is 11.7 Å². The first-order valence-electron chi connectivity index (χ1n) is 9.92. The van der Waals surface area contributed by atoms with Crippen LogP contribution in [0.15, 0.2) is 48.5 Å². The van der Waals surface area contributed by atoms with Crippen molar-refractivity contribution >= 4 is 29.2 Å². The van der Waals surface area contributed by atoms with E-state index in [0.717, 1.165) is 37.6 Å². The lowest BCUT2D eigenvalue weighted by atomic mass is 10.2. The van der Waals surface area contributed by atoms with Crippen LogP contribution in [0.25, 0.3) is 0 Å². The highest BCUT2D eigenvalue weighted by molar-refractivity contribution is 6.27. The van der Waals surface area contributed by atoms with Gasteiger partial charge in [-0.3, -0.25) is 9.69 Å². The summed E-state index contributed by atoms with van der Waals surface area (Å²) < 4.78 is 19.0. The van der Waals surface area contributed by atoms with Crippen molar-refractivity contribution in [3.05, 3.63) is 54.3 Å². The van der Waals surface area contributed by atoms with Gasteiger partial charge in [0.05, 0.1) is 12.8 Å². The standard InChI is InChI=1S/C20H24FN3O2.C2H2O4/c1-26-17-8-6-16(7-9-17)22-20(25)10-11-23-12-14-24(15-13-23)19-5-3-2-4-18(19)21;3-1(4)2(5)6/h2-9H,10-15H2,1H3,(H,22,25);(H,3,4)(H,5,6). The van der Waals surface area contributed by atoms with E-state index in [1.807, 2.05) is 36.4 Å². The Morgan fingerprint density at radius 2 is 1.56 bits per heavy atom. The Kier molecular flexibility index (Phi) is 9.43. The number of para-hydroxylation sites is 1. The maximum Gasteiger partial charge on any atom is 0.414 e. The number of benzene rings is 2. The van der Waals surface area contributed by atoms with Crippen LogP contribution in [0.5, 0.6) is 5.75 Å². The van der Waals surface area contributed by atoms with Crippen molar-refractivity contribution in [1.29, 1.82) is 0 Å². The van der Waals surface area contributed by atoms with Crippen molar-refractivity contribution in [1.82, 2.24) is 4.90 Å². The van der Waals surface area contributed by atoms with Gasteiger partial charge in [0.2, 0.25) is 5.91 Å². The average Bonchev–Trinajstić information content (AvgIpc) is 2.79. The molecule has 2 aromatic carbocycles. The number of aliphatic carboxylic acids is 2.